The summed E-state index contributed by atoms with van der Waals surface area (Å²) in [7, 11) is 0. The second-order valence-corrected chi connectivity index (χ2v) is 10.3. The average molecular weight is 586 g/mol. The second-order valence-electron chi connectivity index (χ2n) is 10.3. The SMILES string of the molecule is CC(C)C[C@H](NC(=O)[C@H](Cc1ccc([N+](=O)[O-])cc1)NC(=O)CNCCNC(=O)[C@@H](N)Cc1ccc(O)cc1)C(N)=O. The summed E-state index contributed by atoms with van der Waals surface area (Å²) in [5, 5.41) is 31.1. The van der Waals surface area contributed by atoms with Crippen LogP contribution in [0.25, 0.3) is 0 Å². The van der Waals surface area contributed by atoms with Gasteiger partial charge in [-0.3, -0.25) is 29.3 Å². The van der Waals surface area contributed by atoms with E-state index in [-0.39, 0.29) is 55.7 Å². The number of primary amides is 1. The number of amides is 4. The van der Waals surface area contributed by atoms with E-state index in [1.807, 2.05) is 13.8 Å². The molecule has 0 spiro atoms. The lowest BCUT2D eigenvalue weighted by atomic mass is 10.0. The van der Waals surface area contributed by atoms with E-state index in [0.29, 0.717) is 12.0 Å². The van der Waals surface area contributed by atoms with Gasteiger partial charge in [-0.15, -0.1) is 0 Å². The van der Waals surface area contributed by atoms with Gasteiger partial charge in [0.05, 0.1) is 17.5 Å². The maximum Gasteiger partial charge on any atom is 0.269 e. The third-order valence-electron chi connectivity index (χ3n) is 6.22. The summed E-state index contributed by atoms with van der Waals surface area (Å²) >= 11 is 0. The molecule has 0 bridgehead atoms. The maximum atomic E-state index is 13.1. The zero-order chi connectivity index (χ0) is 31.2. The maximum absolute atomic E-state index is 13.1. The molecule has 0 unspecified atom stereocenters. The monoisotopic (exact) mass is 585 g/mol. The Kier molecular flexibility index (Phi) is 13.3. The molecule has 228 valence electrons. The number of nitro groups is 1. The zero-order valence-electron chi connectivity index (χ0n) is 23.7. The minimum Gasteiger partial charge on any atom is -0.508 e. The Balaban J connectivity index is 1.90. The molecule has 2 aromatic rings. The number of non-ortho nitro benzene ring substituents is 1. The molecule has 9 N–H and O–H groups in total. The molecule has 3 atom stereocenters. The Morgan fingerprint density at radius 2 is 1.48 bits per heavy atom. The van der Waals surface area contributed by atoms with Crippen molar-refractivity contribution in [2.45, 2.75) is 51.2 Å². The molecule has 0 aliphatic heterocycles. The number of phenolic OH excluding ortho intramolecular Hbond substituents is 1. The molecule has 0 fully saturated rings. The van der Waals surface area contributed by atoms with Crippen LogP contribution in [0.4, 0.5) is 5.69 Å². The molecule has 4 amide bonds. The van der Waals surface area contributed by atoms with Crippen molar-refractivity contribution in [1.29, 1.82) is 0 Å². The number of carbonyl (C=O) groups is 4. The summed E-state index contributed by atoms with van der Waals surface area (Å²) in [6, 6.07) is 9.11. The zero-order valence-corrected chi connectivity index (χ0v) is 23.7. The normalized spacial score (nSPS) is 13.0. The van der Waals surface area contributed by atoms with E-state index in [9.17, 15) is 34.4 Å². The van der Waals surface area contributed by atoms with Gasteiger partial charge in [0, 0.05) is 31.6 Å². The lowest BCUT2D eigenvalue weighted by molar-refractivity contribution is -0.384. The van der Waals surface area contributed by atoms with Crippen molar-refractivity contribution < 1.29 is 29.2 Å². The fraction of sp³-hybridized carbons (Fsp3) is 0.429. The molecular formula is C28H39N7O7. The summed E-state index contributed by atoms with van der Waals surface area (Å²) in [6.07, 6.45) is 0.608. The fourth-order valence-corrected chi connectivity index (χ4v) is 4.02. The highest BCUT2D eigenvalue weighted by Gasteiger charge is 2.26. The van der Waals surface area contributed by atoms with Gasteiger partial charge in [-0.1, -0.05) is 38.1 Å². The number of phenols is 1. The van der Waals surface area contributed by atoms with Crippen LogP contribution in [0.3, 0.4) is 0 Å². The molecule has 2 rings (SSSR count). The van der Waals surface area contributed by atoms with Gasteiger partial charge in [0.2, 0.25) is 23.6 Å². The first kappa shape index (κ1) is 33.6. The number of hydrogen-bond acceptors (Lipinski definition) is 9. The Morgan fingerprint density at radius 3 is 2.05 bits per heavy atom. The third kappa shape index (κ3) is 11.9. The van der Waals surface area contributed by atoms with Crippen molar-refractivity contribution in [2.75, 3.05) is 19.6 Å². The Labute approximate surface area is 243 Å². The number of benzene rings is 2. The van der Waals surface area contributed by atoms with Crippen LogP contribution < -0.4 is 32.7 Å². The van der Waals surface area contributed by atoms with Gasteiger partial charge in [-0.25, -0.2) is 0 Å². The van der Waals surface area contributed by atoms with Gasteiger partial charge in [0.1, 0.15) is 17.8 Å². The largest absolute Gasteiger partial charge is 0.508 e. The van der Waals surface area contributed by atoms with Crippen molar-refractivity contribution >= 4 is 29.3 Å². The molecule has 14 heteroatoms. The predicted octanol–water partition coefficient (Wildman–Crippen LogP) is -0.380. The van der Waals surface area contributed by atoms with Gasteiger partial charge < -0.3 is 37.8 Å². The topological polar surface area (TPSA) is 232 Å². The molecule has 0 radical (unpaired) electrons. The Bertz CT molecular complexity index is 1220. The summed E-state index contributed by atoms with van der Waals surface area (Å²) in [4.78, 5) is 60.3. The van der Waals surface area contributed by atoms with E-state index < -0.39 is 40.8 Å². The predicted molar refractivity (Wildman–Crippen MR) is 155 cm³/mol. The first-order valence-corrected chi connectivity index (χ1v) is 13.5. The van der Waals surface area contributed by atoms with Crippen LogP contribution in [0.15, 0.2) is 48.5 Å². The van der Waals surface area contributed by atoms with Crippen molar-refractivity contribution in [3.05, 3.63) is 69.8 Å². The third-order valence-corrected chi connectivity index (χ3v) is 6.22. The average Bonchev–Trinajstić information content (AvgIpc) is 2.93. The number of nitro benzene ring substituents is 1. The molecule has 14 nitrogen and oxygen atoms in total. The van der Waals surface area contributed by atoms with E-state index >= 15 is 0 Å². The smallest absolute Gasteiger partial charge is 0.269 e. The second kappa shape index (κ2) is 16.6. The highest BCUT2D eigenvalue weighted by atomic mass is 16.6. The fourth-order valence-electron chi connectivity index (χ4n) is 4.02. The lowest BCUT2D eigenvalue weighted by Crippen LogP contribution is -2.55. The van der Waals surface area contributed by atoms with E-state index in [1.165, 1.54) is 36.4 Å². The van der Waals surface area contributed by atoms with Crippen molar-refractivity contribution in [3.8, 4) is 5.75 Å². The minimum atomic E-state index is -1.09. The number of aromatic hydroxyl groups is 1. The lowest BCUT2D eigenvalue weighted by Gasteiger charge is -2.23. The van der Waals surface area contributed by atoms with Gasteiger partial charge in [-0.05, 0) is 42.0 Å². The summed E-state index contributed by atoms with van der Waals surface area (Å²) in [5.41, 5.74) is 12.6. The molecule has 0 aliphatic rings. The van der Waals surface area contributed by atoms with E-state index in [1.54, 1.807) is 12.1 Å². The number of carbonyl (C=O) groups excluding carboxylic acids is 4. The van der Waals surface area contributed by atoms with Crippen LogP contribution in [0.1, 0.15) is 31.4 Å². The molecule has 0 aliphatic carbocycles. The molecular weight excluding hydrogens is 546 g/mol. The highest BCUT2D eigenvalue weighted by Crippen LogP contribution is 2.14. The van der Waals surface area contributed by atoms with E-state index in [2.05, 4.69) is 21.3 Å². The van der Waals surface area contributed by atoms with Gasteiger partial charge in [0.25, 0.3) is 5.69 Å². The number of hydrogen-bond donors (Lipinski definition) is 7. The van der Waals surface area contributed by atoms with Crippen LogP contribution in [0, 0.1) is 16.0 Å². The first-order valence-electron chi connectivity index (χ1n) is 13.5. The van der Waals surface area contributed by atoms with Crippen LogP contribution in [0.2, 0.25) is 0 Å². The quantitative estimate of drug-likeness (QED) is 0.0727. The molecule has 42 heavy (non-hydrogen) atoms. The van der Waals surface area contributed by atoms with Crippen LogP contribution in [-0.4, -0.2) is 71.4 Å². The molecule has 0 saturated carbocycles. The first-order chi connectivity index (χ1) is 19.8. The summed E-state index contributed by atoms with van der Waals surface area (Å²) < 4.78 is 0. The number of nitrogens with one attached hydrogen (secondary N) is 4. The van der Waals surface area contributed by atoms with Gasteiger partial charge in [0.15, 0.2) is 0 Å². The van der Waals surface area contributed by atoms with Crippen LogP contribution in [-0.2, 0) is 32.0 Å². The van der Waals surface area contributed by atoms with E-state index in [0.717, 1.165) is 5.56 Å². The number of nitrogens with zero attached hydrogens (tertiary/aromatic N) is 1. The van der Waals surface area contributed by atoms with E-state index in [4.69, 9.17) is 11.5 Å². The standard InChI is InChI=1S/C28H39N7O7/c1-17(2)13-23(26(30)38)34-28(40)24(15-19-3-7-20(8-4-19)35(41)42)33-25(37)16-31-11-12-32-27(39)22(29)14-18-5-9-21(36)10-6-18/h3-10,17,22-24,31,36H,11-16,29H2,1-2H3,(H2,30,38)(H,32,39)(H,33,37)(H,34,40)/t22-,23-,24-/m0/s1. The summed E-state index contributed by atoms with van der Waals surface area (Å²) in [6.45, 7) is 4.00. The van der Waals surface area contributed by atoms with Crippen molar-refractivity contribution in [3.63, 3.8) is 0 Å². The Morgan fingerprint density at radius 1 is 0.881 bits per heavy atom. The highest BCUT2D eigenvalue weighted by molar-refractivity contribution is 5.92. The summed E-state index contributed by atoms with van der Waals surface area (Å²) in [5.74, 6) is -2.04. The van der Waals surface area contributed by atoms with Gasteiger partial charge >= 0.3 is 0 Å². The van der Waals surface area contributed by atoms with Crippen LogP contribution >= 0.6 is 0 Å². The number of rotatable bonds is 17. The molecule has 2 aromatic carbocycles. The molecule has 0 heterocycles. The molecule has 0 saturated heterocycles. The Hall–Kier alpha value is -4.56. The van der Waals surface area contributed by atoms with Crippen molar-refractivity contribution in [1.82, 2.24) is 21.3 Å². The molecule has 0 aromatic heterocycles. The number of nitrogens with two attached hydrogens (primary N) is 2. The van der Waals surface area contributed by atoms with Crippen LogP contribution in [0.5, 0.6) is 5.75 Å². The van der Waals surface area contributed by atoms with Gasteiger partial charge in [-0.2, -0.15) is 0 Å². The minimum absolute atomic E-state index is 0.0116. The van der Waals surface area contributed by atoms with Crippen molar-refractivity contribution in [2.24, 2.45) is 17.4 Å².